The van der Waals surface area contributed by atoms with Crippen molar-refractivity contribution in [3.8, 4) is 0 Å². The van der Waals surface area contributed by atoms with Crippen molar-refractivity contribution in [1.29, 1.82) is 0 Å². The van der Waals surface area contributed by atoms with E-state index in [2.05, 4.69) is 70.4 Å². The Bertz CT molecular complexity index is 750. The molecule has 1 aromatic carbocycles. The van der Waals surface area contributed by atoms with Gasteiger partial charge in [0.25, 0.3) is 0 Å². The summed E-state index contributed by atoms with van der Waals surface area (Å²) in [6.45, 7) is 15.0. The van der Waals surface area contributed by atoms with Gasteiger partial charge in [-0.1, -0.05) is 62.1 Å². The molecule has 2 aliphatic rings. The quantitative estimate of drug-likeness (QED) is 0.577. The number of allylic oxidation sites excluding steroid dienone is 8. The van der Waals surface area contributed by atoms with Gasteiger partial charge in [0.05, 0.1) is 0 Å². The van der Waals surface area contributed by atoms with E-state index in [1.165, 1.54) is 44.6 Å². The molecule has 0 heteroatoms. The molecule has 0 nitrogen and oxygen atoms in total. The van der Waals surface area contributed by atoms with Crippen molar-refractivity contribution in [2.45, 2.75) is 33.6 Å². The third-order valence-electron chi connectivity index (χ3n) is 5.17. The van der Waals surface area contributed by atoms with E-state index in [-0.39, 0.29) is 0 Å². The highest BCUT2D eigenvalue weighted by atomic mass is 14.3. The van der Waals surface area contributed by atoms with Crippen LogP contribution < -0.4 is 0 Å². The highest BCUT2D eigenvalue weighted by Crippen LogP contribution is 2.40. The molecule has 2 aliphatic carbocycles. The minimum Gasteiger partial charge on any atom is -0.0989 e. The first-order valence-electron chi connectivity index (χ1n) is 8.01. The Kier molecular flexibility index (Phi) is 3.78. The predicted octanol–water partition coefficient (Wildman–Crippen LogP) is 6.10. The van der Waals surface area contributed by atoms with Gasteiger partial charge in [-0.2, -0.15) is 0 Å². The molecule has 1 fully saturated rings. The molecule has 0 radical (unpaired) electrons. The van der Waals surface area contributed by atoms with Gasteiger partial charge in [-0.05, 0) is 65.7 Å². The smallest absolute Gasteiger partial charge is 0.00174 e. The number of hydrogen-bond donors (Lipinski definition) is 0. The second kappa shape index (κ2) is 5.61. The molecule has 1 aromatic rings. The van der Waals surface area contributed by atoms with Crippen molar-refractivity contribution < 1.29 is 0 Å². The highest BCUT2D eigenvalue weighted by molar-refractivity contribution is 5.76. The Labute approximate surface area is 134 Å². The lowest BCUT2D eigenvalue weighted by molar-refractivity contribution is 0.868. The van der Waals surface area contributed by atoms with Crippen LogP contribution in [0.3, 0.4) is 0 Å². The van der Waals surface area contributed by atoms with Crippen LogP contribution in [0.2, 0.25) is 0 Å². The SMILES string of the molecule is C=C1CC(=CC2=CC=C(c3cccc(C)c3C)C2)C(=C)C1C. The minimum atomic E-state index is 0.430. The second-order valence-corrected chi connectivity index (χ2v) is 6.61. The van der Waals surface area contributed by atoms with Crippen molar-refractivity contribution in [1.82, 2.24) is 0 Å². The molecule has 0 heterocycles. The number of aryl methyl sites for hydroxylation is 1. The fourth-order valence-corrected chi connectivity index (χ4v) is 3.33. The summed E-state index contributed by atoms with van der Waals surface area (Å²) in [4.78, 5) is 0. The maximum absolute atomic E-state index is 4.24. The molecule has 3 rings (SSSR count). The average molecular weight is 288 g/mol. The first kappa shape index (κ1) is 14.8. The molecule has 1 unspecified atom stereocenters. The van der Waals surface area contributed by atoms with Gasteiger partial charge in [-0.15, -0.1) is 0 Å². The largest absolute Gasteiger partial charge is 0.0989 e. The van der Waals surface area contributed by atoms with Crippen LogP contribution in [0.1, 0.15) is 36.5 Å². The van der Waals surface area contributed by atoms with E-state index >= 15 is 0 Å². The first-order chi connectivity index (χ1) is 10.5. The summed E-state index contributed by atoms with van der Waals surface area (Å²) in [5.41, 5.74) is 10.8. The number of rotatable bonds is 2. The third-order valence-corrected chi connectivity index (χ3v) is 5.17. The fraction of sp³-hybridized carbons (Fsp3) is 0.273. The van der Waals surface area contributed by atoms with Crippen molar-refractivity contribution in [2.24, 2.45) is 5.92 Å². The van der Waals surface area contributed by atoms with Crippen LogP contribution >= 0.6 is 0 Å². The molecule has 0 spiro atoms. The van der Waals surface area contributed by atoms with Gasteiger partial charge in [0.15, 0.2) is 0 Å². The van der Waals surface area contributed by atoms with E-state index in [9.17, 15) is 0 Å². The Morgan fingerprint density at radius 2 is 1.86 bits per heavy atom. The molecule has 0 bridgehead atoms. The summed E-state index contributed by atoms with van der Waals surface area (Å²) >= 11 is 0. The van der Waals surface area contributed by atoms with Gasteiger partial charge < -0.3 is 0 Å². The molecule has 1 atom stereocenters. The van der Waals surface area contributed by atoms with Crippen LogP contribution in [0.4, 0.5) is 0 Å². The van der Waals surface area contributed by atoms with E-state index < -0.39 is 0 Å². The van der Waals surface area contributed by atoms with Crippen molar-refractivity contribution in [2.75, 3.05) is 0 Å². The summed E-state index contributed by atoms with van der Waals surface area (Å²) in [7, 11) is 0. The summed E-state index contributed by atoms with van der Waals surface area (Å²) < 4.78 is 0. The zero-order valence-corrected chi connectivity index (χ0v) is 13.9. The second-order valence-electron chi connectivity index (χ2n) is 6.61. The van der Waals surface area contributed by atoms with Gasteiger partial charge in [-0.25, -0.2) is 0 Å². The fourth-order valence-electron chi connectivity index (χ4n) is 3.33. The van der Waals surface area contributed by atoms with Crippen molar-refractivity contribution >= 4 is 5.57 Å². The Morgan fingerprint density at radius 3 is 2.55 bits per heavy atom. The Morgan fingerprint density at radius 1 is 1.09 bits per heavy atom. The van der Waals surface area contributed by atoms with E-state index in [0.717, 1.165) is 12.8 Å². The van der Waals surface area contributed by atoms with Crippen LogP contribution in [0.15, 0.2) is 71.9 Å². The van der Waals surface area contributed by atoms with Gasteiger partial charge in [0.2, 0.25) is 0 Å². The van der Waals surface area contributed by atoms with Crippen molar-refractivity contribution in [3.63, 3.8) is 0 Å². The van der Waals surface area contributed by atoms with Crippen LogP contribution in [-0.4, -0.2) is 0 Å². The van der Waals surface area contributed by atoms with Crippen LogP contribution in [0.25, 0.3) is 5.57 Å². The maximum atomic E-state index is 4.24. The topological polar surface area (TPSA) is 0 Å². The number of hydrogen-bond acceptors (Lipinski definition) is 0. The third kappa shape index (κ3) is 2.54. The summed E-state index contributed by atoms with van der Waals surface area (Å²) in [6, 6.07) is 6.57. The zero-order chi connectivity index (χ0) is 15.9. The monoisotopic (exact) mass is 288 g/mol. The van der Waals surface area contributed by atoms with E-state index in [1.54, 1.807) is 0 Å². The molecular formula is C22H24. The Balaban J connectivity index is 1.79. The van der Waals surface area contributed by atoms with Crippen molar-refractivity contribution in [3.05, 3.63) is 88.6 Å². The lowest BCUT2D eigenvalue weighted by Crippen LogP contribution is -1.91. The van der Waals surface area contributed by atoms with Crippen LogP contribution in [-0.2, 0) is 0 Å². The van der Waals surface area contributed by atoms with E-state index in [1.807, 2.05) is 0 Å². The molecule has 0 aliphatic heterocycles. The lowest BCUT2D eigenvalue weighted by atomic mass is 9.94. The van der Waals surface area contributed by atoms with Gasteiger partial charge in [0, 0.05) is 5.92 Å². The van der Waals surface area contributed by atoms with Gasteiger partial charge in [0.1, 0.15) is 0 Å². The summed E-state index contributed by atoms with van der Waals surface area (Å²) in [5, 5.41) is 0. The standard InChI is InChI=1S/C22H24/c1-14-7-6-8-22(17(14)4)20-10-9-19(12-20)13-21-11-15(2)16(3)18(21)5/h6-10,13,16H,2,5,11-12H2,1,3-4H3. The van der Waals surface area contributed by atoms with Crippen LogP contribution in [0, 0.1) is 19.8 Å². The van der Waals surface area contributed by atoms with Gasteiger partial charge in [-0.3, -0.25) is 0 Å². The lowest BCUT2D eigenvalue weighted by Gasteiger charge is -2.10. The van der Waals surface area contributed by atoms with E-state index in [0.29, 0.717) is 5.92 Å². The summed E-state index contributed by atoms with van der Waals surface area (Å²) in [5.74, 6) is 0.430. The first-order valence-corrected chi connectivity index (χ1v) is 8.01. The van der Waals surface area contributed by atoms with Gasteiger partial charge >= 0.3 is 0 Å². The highest BCUT2D eigenvalue weighted by Gasteiger charge is 2.23. The molecule has 0 aromatic heterocycles. The molecule has 0 N–H and O–H groups in total. The minimum absolute atomic E-state index is 0.430. The number of benzene rings is 1. The summed E-state index contributed by atoms with van der Waals surface area (Å²) in [6.07, 6.45) is 8.84. The molecule has 0 saturated heterocycles. The molecule has 22 heavy (non-hydrogen) atoms. The predicted molar refractivity (Wildman–Crippen MR) is 96.7 cm³/mol. The normalized spacial score (nSPS) is 23.2. The Hall–Kier alpha value is -2.08. The molecular weight excluding hydrogens is 264 g/mol. The zero-order valence-electron chi connectivity index (χ0n) is 13.9. The maximum Gasteiger partial charge on any atom is 0.00174 e. The average Bonchev–Trinajstić information content (AvgIpc) is 3.04. The van der Waals surface area contributed by atoms with Crippen LogP contribution in [0.5, 0.6) is 0 Å². The molecule has 0 amide bonds. The molecule has 1 saturated carbocycles. The molecule has 112 valence electrons. The van der Waals surface area contributed by atoms with E-state index in [4.69, 9.17) is 0 Å².